The number of nitrogens with zero attached hydrogens (tertiary/aromatic N) is 3. The average Bonchev–Trinajstić information content (AvgIpc) is 2.53. The first-order chi connectivity index (χ1) is 10.2. The zero-order valence-electron chi connectivity index (χ0n) is 11.9. The Kier molecular flexibility index (Phi) is 3.56. The molecule has 1 aliphatic heterocycles. The minimum absolute atomic E-state index is 0.0317. The van der Waals surface area contributed by atoms with Gasteiger partial charge >= 0.3 is 0 Å². The van der Waals surface area contributed by atoms with Crippen LogP contribution >= 0.6 is 0 Å². The fourth-order valence-corrected chi connectivity index (χ4v) is 3.02. The van der Waals surface area contributed by atoms with Crippen LogP contribution in [0.2, 0.25) is 0 Å². The predicted octanol–water partition coefficient (Wildman–Crippen LogP) is 3.50. The number of anilines is 1. The summed E-state index contributed by atoms with van der Waals surface area (Å²) in [5.41, 5.74) is 2.76. The molecule has 21 heavy (non-hydrogen) atoms. The molecule has 0 radical (unpaired) electrons. The lowest BCUT2D eigenvalue weighted by Crippen LogP contribution is -2.35. The van der Waals surface area contributed by atoms with E-state index in [1.165, 1.54) is 23.4 Å². The maximum Gasteiger partial charge on any atom is 0.287 e. The van der Waals surface area contributed by atoms with Gasteiger partial charge in [-0.15, -0.1) is 0 Å². The van der Waals surface area contributed by atoms with Crippen molar-refractivity contribution in [2.45, 2.75) is 25.8 Å². The van der Waals surface area contributed by atoms with Crippen LogP contribution in [-0.2, 0) is 6.42 Å². The molecule has 108 valence electrons. The van der Waals surface area contributed by atoms with Gasteiger partial charge in [-0.25, -0.2) is 4.98 Å². The lowest BCUT2D eigenvalue weighted by atomic mass is 9.91. The molecule has 0 aliphatic carbocycles. The van der Waals surface area contributed by atoms with Gasteiger partial charge in [0.15, 0.2) is 0 Å². The van der Waals surface area contributed by atoms with Gasteiger partial charge in [-0.05, 0) is 30.0 Å². The average molecular weight is 283 g/mol. The number of pyridine rings is 1. The molecule has 5 nitrogen and oxygen atoms in total. The number of nitro groups is 1. The molecule has 1 atom stereocenters. The van der Waals surface area contributed by atoms with E-state index in [1.807, 2.05) is 0 Å². The van der Waals surface area contributed by atoms with Gasteiger partial charge in [-0.2, -0.15) is 0 Å². The van der Waals surface area contributed by atoms with Gasteiger partial charge in [0.2, 0.25) is 0 Å². The molecule has 1 aromatic heterocycles. The lowest BCUT2D eigenvalue weighted by Gasteiger charge is -2.37. The molecule has 3 rings (SSSR count). The summed E-state index contributed by atoms with van der Waals surface area (Å²) in [6, 6.07) is 12.0. The Morgan fingerprint density at radius 2 is 2.14 bits per heavy atom. The Morgan fingerprint density at radius 1 is 1.33 bits per heavy atom. The van der Waals surface area contributed by atoms with E-state index < -0.39 is 4.92 Å². The predicted molar refractivity (Wildman–Crippen MR) is 81.4 cm³/mol. The van der Waals surface area contributed by atoms with Gasteiger partial charge in [0, 0.05) is 12.6 Å². The smallest absolute Gasteiger partial charge is 0.287 e. The molecular formula is C16H17N3O2. The molecule has 0 N–H and O–H groups in total. The fraction of sp³-hybridized carbons (Fsp3) is 0.312. The molecular weight excluding hydrogens is 266 g/mol. The van der Waals surface area contributed by atoms with E-state index >= 15 is 0 Å². The second-order valence-electron chi connectivity index (χ2n) is 5.20. The maximum absolute atomic E-state index is 10.7. The van der Waals surface area contributed by atoms with Crippen molar-refractivity contribution >= 4 is 11.5 Å². The fourth-order valence-electron chi connectivity index (χ4n) is 3.02. The summed E-state index contributed by atoms with van der Waals surface area (Å²) in [5.74, 6) is 0.807. The molecule has 1 aromatic carbocycles. The normalized spacial score (nSPS) is 17.4. The quantitative estimate of drug-likeness (QED) is 0.639. The molecule has 0 saturated heterocycles. The summed E-state index contributed by atoms with van der Waals surface area (Å²) >= 11 is 0. The lowest BCUT2D eigenvalue weighted by molar-refractivity contribution is -0.385. The molecule has 0 spiro atoms. The zero-order valence-corrected chi connectivity index (χ0v) is 11.9. The van der Waals surface area contributed by atoms with Crippen molar-refractivity contribution in [3.05, 3.63) is 63.8 Å². The van der Waals surface area contributed by atoms with Crippen molar-refractivity contribution in [1.29, 1.82) is 0 Å². The third kappa shape index (κ3) is 2.46. The number of hydrogen-bond donors (Lipinski definition) is 0. The summed E-state index contributed by atoms with van der Waals surface area (Å²) in [7, 11) is 0. The molecule has 0 bridgehead atoms. The second-order valence-corrected chi connectivity index (χ2v) is 5.20. The first-order valence-corrected chi connectivity index (χ1v) is 7.15. The van der Waals surface area contributed by atoms with Gasteiger partial charge < -0.3 is 4.90 Å². The van der Waals surface area contributed by atoms with Gasteiger partial charge in [0.1, 0.15) is 12.0 Å². The van der Waals surface area contributed by atoms with E-state index in [1.54, 1.807) is 6.07 Å². The van der Waals surface area contributed by atoms with Gasteiger partial charge in [0.05, 0.1) is 11.0 Å². The molecule has 1 unspecified atom stereocenters. The number of rotatable bonds is 3. The van der Waals surface area contributed by atoms with Crippen LogP contribution in [-0.4, -0.2) is 16.5 Å². The maximum atomic E-state index is 10.7. The zero-order chi connectivity index (χ0) is 14.8. The molecule has 0 fully saturated rings. The van der Waals surface area contributed by atoms with E-state index in [2.05, 4.69) is 41.1 Å². The molecule has 2 heterocycles. The van der Waals surface area contributed by atoms with Crippen molar-refractivity contribution < 1.29 is 4.92 Å². The van der Waals surface area contributed by atoms with Crippen LogP contribution in [0.5, 0.6) is 0 Å². The minimum atomic E-state index is -0.417. The van der Waals surface area contributed by atoms with Crippen LogP contribution in [0.1, 0.15) is 30.5 Å². The van der Waals surface area contributed by atoms with Crippen LogP contribution < -0.4 is 4.90 Å². The second kappa shape index (κ2) is 5.52. The molecule has 0 amide bonds. The molecule has 1 aliphatic rings. The third-order valence-corrected chi connectivity index (χ3v) is 4.04. The topological polar surface area (TPSA) is 59.3 Å². The van der Waals surface area contributed by atoms with E-state index in [9.17, 15) is 10.1 Å². The number of benzene rings is 1. The van der Waals surface area contributed by atoms with Crippen LogP contribution in [0.3, 0.4) is 0 Å². The number of fused-ring (bicyclic) bond motifs is 1. The first-order valence-electron chi connectivity index (χ1n) is 7.15. The molecule has 5 heteroatoms. The highest BCUT2D eigenvalue weighted by molar-refractivity contribution is 5.49. The van der Waals surface area contributed by atoms with Crippen molar-refractivity contribution in [1.82, 2.24) is 4.98 Å². The van der Waals surface area contributed by atoms with Gasteiger partial charge in [0.25, 0.3) is 5.69 Å². The summed E-state index contributed by atoms with van der Waals surface area (Å²) in [6.07, 6.45) is 3.30. The van der Waals surface area contributed by atoms with Crippen molar-refractivity contribution in [3.63, 3.8) is 0 Å². The van der Waals surface area contributed by atoms with Crippen LogP contribution in [0.15, 0.2) is 42.6 Å². The Labute approximate surface area is 123 Å². The van der Waals surface area contributed by atoms with E-state index in [4.69, 9.17) is 0 Å². The number of hydrogen-bond acceptors (Lipinski definition) is 4. The Balaban J connectivity index is 1.94. The summed E-state index contributed by atoms with van der Waals surface area (Å²) in [5, 5.41) is 10.7. The highest BCUT2D eigenvalue weighted by atomic mass is 16.6. The minimum Gasteiger partial charge on any atom is -0.349 e. The largest absolute Gasteiger partial charge is 0.349 e. The molecule has 0 saturated carbocycles. The van der Waals surface area contributed by atoms with Crippen molar-refractivity contribution in [2.75, 3.05) is 11.4 Å². The Hall–Kier alpha value is -2.43. The summed E-state index contributed by atoms with van der Waals surface area (Å²) < 4.78 is 0. The number of aromatic nitrogens is 1. The highest BCUT2D eigenvalue weighted by Crippen LogP contribution is 2.35. The standard InChI is InChI=1S/C16H17N3O2/c1-2-15-14-6-4-3-5-12(14)9-10-18(15)16-8-7-13(11-17-16)19(20)21/h3-8,11,15H,2,9-10H2,1H3. The highest BCUT2D eigenvalue weighted by Gasteiger charge is 2.26. The molecule has 2 aromatic rings. The van der Waals surface area contributed by atoms with E-state index in [-0.39, 0.29) is 11.7 Å². The van der Waals surface area contributed by atoms with Gasteiger partial charge in [-0.1, -0.05) is 31.2 Å². The third-order valence-electron chi connectivity index (χ3n) is 4.04. The Morgan fingerprint density at radius 3 is 2.81 bits per heavy atom. The van der Waals surface area contributed by atoms with Crippen molar-refractivity contribution in [2.24, 2.45) is 0 Å². The van der Waals surface area contributed by atoms with E-state index in [0.717, 1.165) is 25.2 Å². The van der Waals surface area contributed by atoms with Crippen molar-refractivity contribution in [3.8, 4) is 0 Å². The van der Waals surface area contributed by atoms with Crippen LogP contribution in [0, 0.1) is 10.1 Å². The monoisotopic (exact) mass is 283 g/mol. The van der Waals surface area contributed by atoms with Crippen LogP contribution in [0.4, 0.5) is 11.5 Å². The summed E-state index contributed by atoms with van der Waals surface area (Å²) in [4.78, 5) is 16.8. The van der Waals surface area contributed by atoms with Crippen LogP contribution in [0.25, 0.3) is 0 Å². The van der Waals surface area contributed by atoms with Gasteiger partial charge in [-0.3, -0.25) is 10.1 Å². The summed E-state index contributed by atoms with van der Waals surface area (Å²) in [6.45, 7) is 3.05. The first kappa shape index (κ1) is 13.5. The SMILES string of the molecule is CCC1c2ccccc2CCN1c1ccc([N+](=O)[O-])cn1. The van der Waals surface area contributed by atoms with E-state index in [0.29, 0.717) is 0 Å². The Bertz CT molecular complexity index is 655.